The van der Waals surface area contributed by atoms with E-state index < -0.39 is 0 Å². The summed E-state index contributed by atoms with van der Waals surface area (Å²) in [6.45, 7) is 4.88. The van der Waals surface area contributed by atoms with Gasteiger partial charge in [-0.2, -0.15) is 5.10 Å². The first-order chi connectivity index (χ1) is 11.1. The van der Waals surface area contributed by atoms with Gasteiger partial charge in [-0.25, -0.2) is 4.98 Å². The molecule has 0 aromatic carbocycles. The molecule has 0 spiro atoms. The predicted molar refractivity (Wildman–Crippen MR) is 92.9 cm³/mol. The molecule has 1 aliphatic heterocycles. The van der Waals surface area contributed by atoms with Crippen LogP contribution in [-0.4, -0.2) is 51.8 Å². The van der Waals surface area contributed by atoms with Crippen molar-refractivity contribution >= 4 is 40.1 Å². The number of thiazole rings is 1. The Bertz CT molecular complexity index is 717. The minimum Gasteiger partial charge on any atom is -0.345 e. The van der Waals surface area contributed by atoms with Gasteiger partial charge in [0.25, 0.3) is 0 Å². The van der Waals surface area contributed by atoms with Gasteiger partial charge in [-0.3, -0.25) is 9.48 Å². The van der Waals surface area contributed by atoms with Crippen molar-refractivity contribution in [2.45, 2.75) is 6.92 Å². The molecule has 3 heterocycles. The largest absolute Gasteiger partial charge is 0.345 e. The fourth-order valence-electron chi connectivity index (χ4n) is 2.59. The van der Waals surface area contributed by atoms with Gasteiger partial charge in [-0.1, -0.05) is 11.6 Å². The van der Waals surface area contributed by atoms with Crippen LogP contribution in [0.5, 0.6) is 0 Å². The van der Waals surface area contributed by atoms with Gasteiger partial charge in [0.05, 0.1) is 5.69 Å². The number of carbonyl (C=O) groups excluding carboxylic acids is 1. The Morgan fingerprint density at radius 3 is 2.65 bits per heavy atom. The predicted octanol–water partition coefficient (Wildman–Crippen LogP) is 2.20. The molecule has 23 heavy (non-hydrogen) atoms. The highest BCUT2D eigenvalue weighted by atomic mass is 35.5. The number of aryl methyl sites for hydroxylation is 2. The van der Waals surface area contributed by atoms with E-state index in [1.54, 1.807) is 41.4 Å². The molecular formula is C15H18ClN5OS. The molecule has 0 unspecified atom stereocenters. The van der Waals surface area contributed by atoms with Crippen LogP contribution in [0.3, 0.4) is 0 Å². The van der Waals surface area contributed by atoms with Crippen LogP contribution in [0.4, 0.5) is 5.13 Å². The molecule has 0 bridgehead atoms. The highest BCUT2D eigenvalue weighted by Crippen LogP contribution is 2.21. The van der Waals surface area contributed by atoms with Crippen molar-refractivity contribution in [2.75, 3.05) is 31.1 Å². The summed E-state index contributed by atoms with van der Waals surface area (Å²) in [5.74, 6) is 0.00288. The topological polar surface area (TPSA) is 54.3 Å². The third-order valence-corrected chi connectivity index (χ3v) is 5.15. The molecule has 122 valence electrons. The first-order valence-electron chi connectivity index (χ1n) is 7.37. The van der Waals surface area contributed by atoms with Crippen molar-refractivity contribution in [2.24, 2.45) is 7.05 Å². The second-order valence-electron chi connectivity index (χ2n) is 5.37. The Morgan fingerprint density at radius 2 is 2.09 bits per heavy atom. The Balaban J connectivity index is 1.60. The maximum Gasteiger partial charge on any atom is 0.246 e. The molecule has 6 nitrogen and oxygen atoms in total. The summed E-state index contributed by atoms with van der Waals surface area (Å²) in [6.07, 6.45) is 5.13. The molecule has 1 aliphatic rings. The Hall–Kier alpha value is -1.86. The van der Waals surface area contributed by atoms with Crippen LogP contribution in [0.25, 0.3) is 6.08 Å². The summed E-state index contributed by atoms with van der Waals surface area (Å²) in [4.78, 5) is 20.7. The lowest BCUT2D eigenvalue weighted by Gasteiger charge is -2.34. The summed E-state index contributed by atoms with van der Waals surface area (Å²) in [6, 6.07) is 0. The first kappa shape index (κ1) is 16.0. The maximum absolute atomic E-state index is 12.3. The van der Waals surface area contributed by atoms with Crippen LogP contribution in [-0.2, 0) is 11.8 Å². The monoisotopic (exact) mass is 351 g/mol. The maximum atomic E-state index is 12.3. The molecule has 0 radical (unpaired) electrons. The second-order valence-corrected chi connectivity index (χ2v) is 6.60. The average Bonchev–Trinajstić information content (AvgIpc) is 3.16. The van der Waals surface area contributed by atoms with Gasteiger partial charge in [0.1, 0.15) is 5.15 Å². The van der Waals surface area contributed by atoms with Gasteiger partial charge in [0.15, 0.2) is 5.13 Å². The highest BCUT2D eigenvalue weighted by molar-refractivity contribution is 7.13. The van der Waals surface area contributed by atoms with E-state index in [0.717, 1.165) is 29.5 Å². The zero-order valence-corrected chi connectivity index (χ0v) is 14.6. The van der Waals surface area contributed by atoms with Gasteiger partial charge in [0, 0.05) is 56.4 Å². The van der Waals surface area contributed by atoms with Crippen molar-refractivity contribution in [1.82, 2.24) is 19.7 Å². The number of carbonyl (C=O) groups is 1. The summed E-state index contributed by atoms with van der Waals surface area (Å²) < 4.78 is 1.60. The van der Waals surface area contributed by atoms with Crippen molar-refractivity contribution in [3.05, 3.63) is 34.1 Å². The zero-order valence-electron chi connectivity index (χ0n) is 13.1. The molecule has 1 saturated heterocycles. The average molecular weight is 352 g/mol. The number of rotatable bonds is 3. The van der Waals surface area contributed by atoms with Crippen LogP contribution in [0.1, 0.15) is 11.3 Å². The van der Waals surface area contributed by atoms with Crippen LogP contribution < -0.4 is 4.90 Å². The number of hydrogen-bond acceptors (Lipinski definition) is 5. The SMILES string of the molecule is Cc1nn(C)c(Cl)c1/C=C/C(=O)N1CCN(c2nccs2)CC1. The van der Waals surface area contributed by atoms with E-state index >= 15 is 0 Å². The van der Waals surface area contributed by atoms with E-state index in [-0.39, 0.29) is 5.91 Å². The molecule has 3 rings (SSSR count). The number of piperazine rings is 1. The van der Waals surface area contributed by atoms with Crippen LogP contribution in [0.2, 0.25) is 5.15 Å². The molecule has 0 aliphatic carbocycles. The minimum atomic E-state index is 0.00288. The Labute approximate surface area is 144 Å². The molecule has 0 N–H and O–H groups in total. The Morgan fingerprint density at radius 1 is 1.35 bits per heavy atom. The van der Waals surface area contributed by atoms with Crippen molar-refractivity contribution in [1.29, 1.82) is 0 Å². The van der Waals surface area contributed by atoms with E-state index in [9.17, 15) is 4.79 Å². The van der Waals surface area contributed by atoms with Crippen LogP contribution >= 0.6 is 22.9 Å². The number of hydrogen-bond donors (Lipinski definition) is 0. The molecule has 8 heteroatoms. The molecule has 0 atom stereocenters. The van der Waals surface area contributed by atoms with Gasteiger partial charge >= 0.3 is 0 Å². The number of nitrogens with zero attached hydrogens (tertiary/aromatic N) is 5. The number of amides is 1. The zero-order chi connectivity index (χ0) is 16.4. The van der Waals surface area contributed by atoms with E-state index in [1.165, 1.54) is 0 Å². The molecule has 2 aromatic rings. The summed E-state index contributed by atoms with van der Waals surface area (Å²) in [5, 5.41) is 7.76. The number of aromatic nitrogens is 3. The lowest BCUT2D eigenvalue weighted by molar-refractivity contribution is -0.126. The summed E-state index contributed by atoms with van der Waals surface area (Å²) >= 11 is 7.80. The van der Waals surface area contributed by atoms with Gasteiger partial charge in [-0.05, 0) is 13.0 Å². The van der Waals surface area contributed by atoms with Gasteiger partial charge in [-0.15, -0.1) is 11.3 Å². The van der Waals surface area contributed by atoms with Gasteiger partial charge < -0.3 is 9.80 Å². The highest BCUT2D eigenvalue weighted by Gasteiger charge is 2.21. The molecule has 0 saturated carbocycles. The summed E-state index contributed by atoms with van der Waals surface area (Å²) in [5.41, 5.74) is 1.61. The number of anilines is 1. The van der Waals surface area contributed by atoms with E-state index in [4.69, 9.17) is 11.6 Å². The quantitative estimate of drug-likeness (QED) is 0.795. The summed E-state index contributed by atoms with van der Waals surface area (Å²) in [7, 11) is 1.78. The van der Waals surface area contributed by atoms with E-state index in [2.05, 4.69) is 15.0 Å². The van der Waals surface area contributed by atoms with Crippen LogP contribution in [0.15, 0.2) is 17.7 Å². The standard InChI is InChI=1S/C15H18ClN5OS/c1-11-12(14(16)19(2)18-11)3-4-13(22)20-6-8-21(9-7-20)15-17-5-10-23-15/h3-5,10H,6-9H2,1-2H3/b4-3+. The fraction of sp³-hybridized carbons (Fsp3) is 0.400. The fourth-order valence-corrected chi connectivity index (χ4v) is 3.52. The lowest BCUT2D eigenvalue weighted by atomic mass is 10.2. The normalized spacial score (nSPS) is 15.6. The first-order valence-corrected chi connectivity index (χ1v) is 8.62. The molecule has 1 fully saturated rings. The Kier molecular flexibility index (Phi) is 4.68. The number of halogens is 1. The van der Waals surface area contributed by atoms with E-state index in [1.807, 2.05) is 17.2 Å². The third-order valence-electron chi connectivity index (χ3n) is 3.87. The lowest BCUT2D eigenvalue weighted by Crippen LogP contribution is -2.48. The van der Waals surface area contributed by atoms with Crippen molar-refractivity contribution in [3.63, 3.8) is 0 Å². The molecule has 2 aromatic heterocycles. The molecule has 1 amide bonds. The van der Waals surface area contributed by atoms with Crippen molar-refractivity contribution in [3.8, 4) is 0 Å². The third kappa shape index (κ3) is 3.40. The van der Waals surface area contributed by atoms with Gasteiger partial charge in [0.2, 0.25) is 5.91 Å². The second kappa shape index (κ2) is 6.72. The molecular weight excluding hydrogens is 334 g/mol. The van der Waals surface area contributed by atoms with Crippen molar-refractivity contribution < 1.29 is 4.79 Å². The minimum absolute atomic E-state index is 0.00288. The van der Waals surface area contributed by atoms with E-state index in [0.29, 0.717) is 18.2 Å². The smallest absolute Gasteiger partial charge is 0.246 e. The van der Waals surface area contributed by atoms with Crippen LogP contribution in [0, 0.1) is 6.92 Å².